The van der Waals surface area contributed by atoms with Crippen LogP contribution in [0.2, 0.25) is 0 Å². The maximum atomic E-state index is 11.9. The van der Waals surface area contributed by atoms with Crippen molar-refractivity contribution in [1.29, 1.82) is 0 Å². The molecule has 23 heavy (non-hydrogen) atoms. The van der Waals surface area contributed by atoms with Gasteiger partial charge < -0.3 is 14.8 Å². The molecular weight excluding hydrogens is 310 g/mol. The molecule has 1 saturated carbocycles. The Morgan fingerprint density at radius 2 is 2.17 bits per heavy atom. The molecule has 5 heteroatoms. The van der Waals surface area contributed by atoms with Crippen molar-refractivity contribution < 1.29 is 14.3 Å². The van der Waals surface area contributed by atoms with E-state index in [0.717, 1.165) is 22.1 Å². The van der Waals surface area contributed by atoms with Crippen LogP contribution in [0.5, 0.6) is 0 Å². The highest BCUT2D eigenvalue weighted by Crippen LogP contribution is 2.29. The van der Waals surface area contributed by atoms with E-state index in [2.05, 4.69) is 5.32 Å². The molecule has 0 aliphatic heterocycles. The summed E-state index contributed by atoms with van der Waals surface area (Å²) in [5, 5.41) is 13.2. The summed E-state index contributed by atoms with van der Waals surface area (Å²) in [6.45, 7) is 0.527. The van der Waals surface area contributed by atoms with Gasteiger partial charge in [-0.25, -0.2) is 0 Å². The van der Waals surface area contributed by atoms with Crippen molar-refractivity contribution in [3.63, 3.8) is 0 Å². The molecule has 4 nitrogen and oxygen atoms in total. The van der Waals surface area contributed by atoms with E-state index in [0.29, 0.717) is 18.7 Å². The fourth-order valence-corrected chi connectivity index (χ4v) is 4.08. The summed E-state index contributed by atoms with van der Waals surface area (Å²) in [6.07, 6.45) is 7.67. The van der Waals surface area contributed by atoms with Crippen LogP contribution in [-0.2, 0) is 11.3 Å². The van der Waals surface area contributed by atoms with Crippen LogP contribution >= 0.6 is 11.3 Å². The van der Waals surface area contributed by atoms with Crippen LogP contribution in [0.25, 0.3) is 0 Å². The molecule has 1 amide bonds. The van der Waals surface area contributed by atoms with Crippen LogP contribution < -0.4 is 5.32 Å². The molecule has 1 atom stereocenters. The van der Waals surface area contributed by atoms with Crippen molar-refractivity contribution in [3.8, 4) is 0 Å². The van der Waals surface area contributed by atoms with Crippen molar-refractivity contribution >= 4 is 17.2 Å². The summed E-state index contributed by atoms with van der Waals surface area (Å²) < 4.78 is 5.22. The lowest BCUT2D eigenvalue weighted by molar-refractivity contribution is -0.121. The molecule has 1 unspecified atom stereocenters. The van der Waals surface area contributed by atoms with E-state index in [-0.39, 0.29) is 5.91 Å². The standard InChI is InChI=1S/C18H23NO3S/c20-17(10-7-13-4-1-2-5-13)19-12-14-8-9-16(23-14)18(21)15-6-3-11-22-15/h3,6,8-9,11,13,18,21H,1-2,4-5,7,10,12H2,(H,19,20). The number of thiophene rings is 1. The van der Waals surface area contributed by atoms with E-state index in [9.17, 15) is 9.90 Å². The van der Waals surface area contributed by atoms with Gasteiger partial charge >= 0.3 is 0 Å². The number of carbonyl (C=O) groups excluding carboxylic acids is 1. The zero-order valence-electron chi connectivity index (χ0n) is 13.2. The predicted octanol–water partition coefficient (Wildman–Crippen LogP) is 4.01. The van der Waals surface area contributed by atoms with Gasteiger partial charge in [-0.3, -0.25) is 4.79 Å². The monoisotopic (exact) mass is 333 g/mol. The van der Waals surface area contributed by atoms with Crippen LogP contribution in [0.4, 0.5) is 0 Å². The van der Waals surface area contributed by atoms with Gasteiger partial charge in [0.05, 0.1) is 12.8 Å². The number of aliphatic hydroxyl groups excluding tert-OH is 1. The third-order valence-electron chi connectivity index (χ3n) is 4.48. The first-order valence-electron chi connectivity index (χ1n) is 8.29. The minimum absolute atomic E-state index is 0.124. The minimum Gasteiger partial charge on any atom is -0.466 e. The zero-order valence-corrected chi connectivity index (χ0v) is 14.0. The first-order valence-corrected chi connectivity index (χ1v) is 9.11. The Kier molecular flexibility index (Phi) is 5.51. The molecule has 1 aliphatic rings. The van der Waals surface area contributed by atoms with Crippen molar-refractivity contribution in [1.82, 2.24) is 5.32 Å². The van der Waals surface area contributed by atoms with Gasteiger partial charge in [0.1, 0.15) is 11.9 Å². The van der Waals surface area contributed by atoms with Crippen molar-refractivity contribution in [2.24, 2.45) is 5.92 Å². The van der Waals surface area contributed by atoms with Crippen LogP contribution in [0.3, 0.4) is 0 Å². The second-order valence-electron chi connectivity index (χ2n) is 6.19. The largest absolute Gasteiger partial charge is 0.466 e. The lowest BCUT2D eigenvalue weighted by atomic mass is 10.0. The minimum atomic E-state index is -0.734. The highest BCUT2D eigenvalue weighted by Gasteiger charge is 2.17. The molecule has 2 heterocycles. The Hall–Kier alpha value is -1.59. The topological polar surface area (TPSA) is 62.5 Å². The van der Waals surface area contributed by atoms with E-state index in [4.69, 9.17) is 4.42 Å². The molecule has 1 fully saturated rings. The number of nitrogens with one attached hydrogen (secondary N) is 1. The second-order valence-corrected chi connectivity index (χ2v) is 7.39. The molecule has 2 aromatic rings. The Morgan fingerprint density at radius 3 is 2.91 bits per heavy atom. The smallest absolute Gasteiger partial charge is 0.220 e. The molecule has 124 valence electrons. The number of rotatable bonds is 7. The van der Waals surface area contributed by atoms with Gasteiger partial charge in [0, 0.05) is 16.2 Å². The van der Waals surface area contributed by atoms with Crippen LogP contribution in [0.15, 0.2) is 34.9 Å². The average molecular weight is 333 g/mol. The Balaban J connectivity index is 1.44. The molecule has 0 spiro atoms. The van der Waals surface area contributed by atoms with E-state index in [1.807, 2.05) is 12.1 Å². The van der Waals surface area contributed by atoms with Crippen molar-refractivity contribution in [3.05, 3.63) is 46.0 Å². The molecule has 3 rings (SSSR count). The molecule has 0 radical (unpaired) electrons. The van der Waals surface area contributed by atoms with Gasteiger partial charge in [0.15, 0.2) is 0 Å². The van der Waals surface area contributed by atoms with Gasteiger partial charge in [-0.2, -0.15) is 0 Å². The van der Waals surface area contributed by atoms with Crippen molar-refractivity contribution in [2.45, 2.75) is 51.2 Å². The third kappa shape index (κ3) is 4.45. The molecule has 0 aromatic carbocycles. The summed E-state index contributed by atoms with van der Waals surface area (Å²) in [6, 6.07) is 7.35. The summed E-state index contributed by atoms with van der Waals surface area (Å²) in [7, 11) is 0. The summed E-state index contributed by atoms with van der Waals surface area (Å²) in [4.78, 5) is 13.8. The summed E-state index contributed by atoms with van der Waals surface area (Å²) >= 11 is 1.50. The first kappa shape index (κ1) is 16.3. The Bertz CT molecular complexity index is 614. The number of hydrogen-bond donors (Lipinski definition) is 2. The van der Waals surface area contributed by atoms with Crippen molar-refractivity contribution in [2.75, 3.05) is 0 Å². The van der Waals surface area contributed by atoms with Gasteiger partial charge in [0.25, 0.3) is 0 Å². The fraction of sp³-hybridized carbons (Fsp3) is 0.500. The second kappa shape index (κ2) is 7.79. The maximum absolute atomic E-state index is 11.9. The number of carbonyl (C=O) groups is 1. The number of amides is 1. The maximum Gasteiger partial charge on any atom is 0.220 e. The number of aliphatic hydroxyl groups is 1. The van der Waals surface area contributed by atoms with Gasteiger partial charge in [0.2, 0.25) is 5.91 Å². The lowest BCUT2D eigenvalue weighted by Crippen LogP contribution is -2.22. The molecule has 2 aromatic heterocycles. The van der Waals surface area contributed by atoms with Gasteiger partial charge in [-0.1, -0.05) is 25.7 Å². The Labute approximate surface area is 140 Å². The Morgan fingerprint density at radius 1 is 1.35 bits per heavy atom. The first-order chi connectivity index (χ1) is 11.2. The molecular formula is C18H23NO3S. The number of furan rings is 1. The van der Waals surface area contributed by atoms with Gasteiger partial charge in [-0.05, 0) is 36.6 Å². The predicted molar refractivity (Wildman–Crippen MR) is 90.1 cm³/mol. The molecule has 0 saturated heterocycles. The van der Waals surface area contributed by atoms with E-state index in [1.54, 1.807) is 18.4 Å². The van der Waals surface area contributed by atoms with E-state index < -0.39 is 6.10 Å². The quantitative estimate of drug-likeness (QED) is 0.805. The molecule has 1 aliphatic carbocycles. The highest BCUT2D eigenvalue weighted by molar-refractivity contribution is 7.12. The normalized spacial score (nSPS) is 16.6. The lowest BCUT2D eigenvalue weighted by Gasteiger charge is -2.08. The van der Waals surface area contributed by atoms with Gasteiger partial charge in [-0.15, -0.1) is 11.3 Å². The number of hydrogen-bond acceptors (Lipinski definition) is 4. The molecule has 0 bridgehead atoms. The third-order valence-corrected chi connectivity index (χ3v) is 5.62. The highest BCUT2D eigenvalue weighted by atomic mass is 32.1. The fourth-order valence-electron chi connectivity index (χ4n) is 3.13. The zero-order chi connectivity index (χ0) is 16.1. The van der Waals surface area contributed by atoms with E-state index in [1.165, 1.54) is 37.0 Å². The molecule has 2 N–H and O–H groups in total. The average Bonchev–Trinajstić information content (AvgIpc) is 3.33. The SMILES string of the molecule is O=C(CCC1CCCC1)NCc1ccc(C(O)c2ccco2)s1. The van der Waals surface area contributed by atoms with Crippen LogP contribution in [-0.4, -0.2) is 11.0 Å². The van der Waals surface area contributed by atoms with Crippen LogP contribution in [0.1, 0.15) is 60.1 Å². The van der Waals surface area contributed by atoms with Crippen LogP contribution in [0, 0.1) is 5.92 Å². The summed E-state index contributed by atoms with van der Waals surface area (Å²) in [5.41, 5.74) is 0. The van der Waals surface area contributed by atoms with E-state index >= 15 is 0 Å². The summed E-state index contributed by atoms with van der Waals surface area (Å²) in [5.74, 6) is 1.41.